The van der Waals surface area contributed by atoms with E-state index in [0.717, 1.165) is 24.2 Å². The zero-order valence-corrected chi connectivity index (χ0v) is 16.0. The molecule has 0 heterocycles. The highest BCUT2D eigenvalue weighted by Crippen LogP contribution is 2.33. The van der Waals surface area contributed by atoms with Crippen LogP contribution in [0.1, 0.15) is 28.8 Å². The standard InChI is InChI=1S/C21H24N2O5/c1-26-17-8-3-14(4-9-17)12-23(16-6-7-16)21(25)15-5-10-18(19(11-15)27-2)28-13-20(22)24/h3-5,8-11,16H,6-7,12-13H2,1-2H3,(H2,22,24). The predicted octanol–water partition coefficient (Wildman–Crippen LogP) is 2.37. The molecule has 0 atom stereocenters. The van der Waals surface area contributed by atoms with E-state index >= 15 is 0 Å². The summed E-state index contributed by atoms with van der Waals surface area (Å²) in [6.45, 7) is 0.269. The Balaban J connectivity index is 1.78. The molecule has 28 heavy (non-hydrogen) atoms. The van der Waals surface area contributed by atoms with Crippen molar-refractivity contribution in [3.8, 4) is 17.2 Å². The Morgan fingerprint density at radius 2 is 1.75 bits per heavy atom. The Morgan fingerprint density at radius 3 is 2.32 bits per heavy atom. The van der Waals surface area contributed by atoms with Gasteiger partial charge in [0.25, 0.3) is 11.8 Å². The zero-order valence-electron chi connectivity index (χ0n) is 16.0. The van der Waals surface area contributed by atoms with E-state index in [0.29, 0.717) is 23.6 Å². The third kappa shape index (κ3) is 4.73. The highest BCUT2D eigenvalue weighted by Gasteiger charge is 2.33. The van der Waals surface area contributed by atoms with E-state index in [1.807, 2.05) is 29.2 Å². The molecule has 0 radical (unpaired) electrons. The molecule has 0 aliphatic heterocycles. The van der Waals surface area contributed by atoms with Gasteiger partial charge in [-0.15, -0.1) is 0 Å². The van der Waals surface area contributed by atoms with Gasteiger partial charge >= 0.3 is 0 Å². The predicted molar refractivity (Wildman–Crippen MR) is 104 cm³/mol. The van der Waals surface area contributed by atoms with Crippen LogP contribution in [0.25, 0.3) is 0 Å². The second kappa shape index (κ2) is 8.65. The first-order valence-electron chi connectivity index (χ1n) is 9.05. The van der Waals surface area contributed by atoms with Crippen LogP contribution in [0.15, 0.2) is 42.5 Å². The largest absolute Gasteiger partial charge is 0.497 e. The van der Waals surface area contributed by atoms with Gasteiger partial charge in [-0.3, -0.25) is 9.59 Å². The van der Waals surface area contributed by atoms with Crippen LogP contribution in [0.4, 0.5) is 0 Å². The molecule has 2 amide bonds. The molecule has 1 aliphatic carbocycles. The number of amides is 2. The van der Waals surface area contributed by atoms with E-state index in [9.17, 15) is 9.59 Å². The SMILES string of the molecule is COc1ccc(CN(C(=O)c2ccc(OCC(N)=O)c(OC)c2)C2CC2)cc1. The van der Waals surface area contributed by atoms with Crippen molar-refractivity contribution >= 4 is 11.8 Å². The first kappa shape index (κ1) is 19.5. The fraction of sp³-hybridized carbons (Fsp3) is 0.333. The van der Waals surface area contributed by atoms with Crippen LogP contribution < -0.4 is 19.9 Å². The second-order valence-electron chi connectivity index (χ2n) is 6.63. The van der Waals surface area contributed by atoms with E-state index in [1.54, 1.807) is 25.3 Å². The molecule has 2 aromatic carbocycles. The van der Waals surface area contributed by atoms with E-state index in [1.165, 1.54) is 7.11 Å². The van der Waals surface area contributed by atoms with Crippen molar-refractivity contribution in [2.75, 3.05) is 20.8 Å². The van der Waals surface area contributed by atoms with Gasteiger partial charge in [-0.2, -0.15) is 0 Å². The van der Waals surface area contributed by atoms with Gasteiger partial charge in [0, 0.05) is 18.2 Å². The minimum Gasteiger partial charge on any atom is -0.497 e. The Bertz CT molecular complexity index is 846. The number of carbonyl (C=O) groups is 2. The van der Waals surface area contributed by atoms with E-state index in [-0.39, 0.29) is 18.6 Å². The number of benzene rings is 2. The summed E-state index contributed by atoms with van der Waals surface area (Å²) >= 11 is 0. The van der Waals surface area contributed by atoms with Gasteiger partial charge < -0.3 is 24.8 Å². The number of hydrogen-bond donors (Lipinski definition) is 1. The molecule has 1 aliphatic rings. The molecule has 7 nitrogen and oxygen atoms in total. The Kier molecular flexibility index (Phi) is 6.03. The molecule has 0 spiro atoms. The molecule has 3 rings (SSSR count). The van der Waals surface area contributed by atoms with Gasteiger partial charge in [-0.05, 0) is 48.7 Å². The third-order valence-corrected chi connectivity index (χ3v) is 4.54. The summed E-state index contributed by atoms with van der Waals surface area (Å²) in [7, 11) is 3.11. The summed E-state index contributed by atoms with van der Waals surface area (Å²) in [5.74, 6) is 0.877. The van der Waals surface area contributed by atoms with Crippen LogP contribution in [0.5, 0.6) is 17.2 Å². The van der Waals surface area contributed by atoms with Crippen LogP contribution >= 0.6 is 0 Å². The maximum Gasteiger partial charge on any atom is 0.255 e. The van der Waals surface area contributed by atoms with Gasteiger partial charge in [-0.25, -0.2) is 0 Å². The van der Waals surface area contributed by atoms with E-state index < -0.39 is 5.91 Å². The van der Waals surface area contributed by atoms with Gasteiger partial charge in [0.1, 0.15) is 5.75 Å². The number of hydrogen-bond acceptors (Lipinski definition) is 5. The number of methoxy groups -OCH3 is 2. The summed E-state index contributed by atoms with van der Waals surface area (Å²) in [5, 5.41) is 0. The lowest BCUT2D eigenvalue weighted by molar-refractivity contribution is -0.119. The molecule has 2 aromatic rings. The maximum atomic E-state index is 13.1. The molecular weight excluding hydrogens is 360 g/mol. The molecule has 1 fully saturated rings. The number of ether oxygens (including phenoxy) is 3. The summed E-state index contributed by atoms with van der Waals surface area (Å²) < 4.78 is 15.8. The second-order valence-corrected chi connectivity index (χ2v) is 6.63. The number of carbonyl (C=O) groups excluding carboxylic acids is 2. The van der Waals surface area contributed by atoms with Crippen molar-refractivity contribution in [2.24, 2.45) is 5.73 Å². The van der Waals surface area contributed by atoms with Crippen molar-refractivity contribution in [3.63, 3.8) is 0 Å². The van der Waals surface area contributed by atoms with Crippen LogP contribution in [-0.4, -0.2) is 43.6 Å². The van der Waals surface area contributed by atoms with Crippen molar-refractivity contribution in [3.05, 3.63) is 53.6 Å². The smallest absolute Gasteiger partial charge is 0.255 e. The van der Waals surface area contributed by atoms with E-state index in [2.05, 4.69) is 0 Å². The first-order chi connectivity index (χ1) is 13.5. The van der Waals surface area contributed by atoms with Crippen LogP contribution in [0, 0.1) is 0 Å². The molecule has 148 valence electrons. The molecule has 2 N–H and O–H groups in total. The quantitative estimate of drug-likeness (QED) is 0.717. The monoisotopic (exact) mass is 384 g/mol. The number of primary amides is 1. The lowest BCUT2D eigenvalue weighted by atomic mass is 10.1. The van der Waals surface area contributed by atoms with Gasteiger partial charge in [0.05, 0.1) is 14.2 Å². The fourth-order valence-corrected chi connectivity index (χ4v) is 2.92. The third-order valence-electron chi connectivity index (χ3n) is 4.54. The highest BCUT2D eigenvalue weighted by atomic mass is 16.5. The average molecular weight is 384 g/mol. The number of rotatable bonds is 9. The van der Waals surface area contributed by atoms with Crippen LogP contribution in [-0.2, 0) is 11.3 Å². The Labute approximate surface area is 164 Å². The molecular formula is C21H24N2O5. The minimum absolute atomic E-state index is 0.0712. The molecule has 0 saturated heterocycles. The highest BCUT2D eigenvalue weighted by molar-refractivity contribution is 5.95. The van der Waals surface area contributed by atoms with Gasteiger partial charge in [-0.1, -0.05) is 12.1 Å². The van der Waals surface area contributed by atoms with Gasteiger partial charge in [0.2, 0.25) is 0 Å². The molecule has 0 unspecified atom stereocenters. The maximum absolute atomic E-state index is 13.1. The first-order valence-corrected chi connectivity index (χ1v) is 9.05. The normalized spacial score (nSPS) is 12.9. The van der Waals surface area contributed by atoms with Gasteiger partial charge in [0.15, 0.2) is 18.1 Å². The topological polar surface area (TPSA) is 91.1 Å². The number of nitrogens with two attached hydrogens (primary N) is 1. The molecule has 7 heteroatoms. The van der Waals surface area contributed by atoms with Crippen molar-refractivity contribution < 1.29 is 23.8 Å². The number of nitrogens with zero attached hydrogens (tertiary/aromatic N) is 1. The fourth-order valence-electron chi connectivity index (χ4n) is 2.92. The molecule has 1 saturated carbocycles. The molecule has 0 aromatic heterocycles. The van der Waals surface area contributed by atoms with Crippen molar-refractivity contribution in [1.82, 2.24) is 4.90 Å². The van der Waals surface area contributed by atoms with E-state index in [4.69, 9.17) is 19.9 Å². The Hall–Kier alpha value is -3.22. The summed E-state index contributed by atoms with van der Waals surface area (Å²) in [4.78, 5) is 25.9. The Morgan fingerprint density at radius 1 is 1.04 bits per heavy atom. The summed E-state index contributed by atoms with van der Waals surface area (Å²) in [6, 6.07) is 12.9. The molecule has 0 bridgehead atoms. The van der Waals surface area contributed by atoms with Crippen LogP contribution in [0.2, 0.25) is 0 Å². The lowest BCUT2D eigenvalue weighted by Gasteiger charge is -2.23. The zero-order chi connectivity index (χ0) is 20.1. The van der Waals surface area contributed by atoms with Crippen molar-refractivity contribution in [2.45, 2.75) is 25.4 Å². The van der Waals surface area contributed by atoms with Crippen molar-refractivity contribution in [1.29, 1.82) is 0 Å². The minimum atomic E-state index is -0.582. The summed E-state index contributed by atoms with van der Waals surface area (Å²) in [6.07, 6.45) is 2.00. The average Bonchev–Trinajstić information content (AvgIpc) is 3.55. The van der Waals surface area contributed by atoms with Crippen LogP contribution in [0.3, 0.4) is 0 Å². The lowest BCUT2D eigenvalue weighted by Crippen LogP contribution is -2.32. The summed E-state index contributed by atoms with van der Waals surface area (Å²) in [5.41, 5.74) is 6.65.